The van der Waals surface area contributed by atoms with Crippen molar-refractivity contribution in [2.75, 3.05) is 13.1 Å². The molecule has 0 aromatic rings. The summed E-state index contributed by atoms with van der Waals surface area (Å²) in [6, 6.07) is 0. The molecule has 10 heavy (non-hydrogen) atoms. The number of nitrogens with zero attached hydrogens (tertiary/aromatic N) is 1. The Balaban J connectivity index is 0.000000810. The van der Waals surface area contributed by atoms with Crippen molar-refractivity contribution in [1.29, 1.82) is 0 Å². The monoisotopic (exact) mass is 146 g/mol. The van der Waals surface area contributed by atoms with Crippen molar-refractivity contribution in [3.8, 4) is 0 Å². The number of carboxylic acid groups (broad SMARTS) is 1. The first kappa shape index (κ1) is 8.90. The third-order valence-electron chi connectivity index (χ3n) is 1.30. The van der Waals surface area contributed by atoms with Crippen LogP contribution in [0, 0.1) is 0 Å². The molecular weight excluding hydrogens is 136 g/mol. The van der Waals surface area contributed by atoms with E-state index in [1.54, 1.807) is 0 Å². The Morgan fingerprint density at radius 3 is 2.40 bits per heavy atom. The van der Waals surface area contributed by atoms with Crippen molar-refractivity contribution >= 4 is 11.9 Å². The highest BCUT2D eigenvalue weighted by Crippen LogP contribution is 2.02. The molecule has 1 heterocycles. The largest absolute Gasteiger partial charge is 0.465 e. The molecule has 1 amide bonds. The number of carbonyl (C=O) groups excluding carboxylic acids is 1. The predicted octanol–water partition coefficient (Wildman–Crippen LogP) is 0.101. The van der Waals surface area contributed by atoms with Crippen molar-refractivity contribution < 1.29 is 14.7 Å². The summed E-state index contributed by atoms with van der Waals surface area (Å²) in [4.78, 5) is 21.7. The lowest BCUT2D eigenvalue weighted by Gasteiger charge is -2.06. The fourth-order valence-corrected chi connectivity index (χ4v) is 0.794. The van der Waals surface area contributed by atoms with E-state index in [4.69, 9.17) is 5.11 Å². The first-order valence-electron chi connectivity index (χ1n) is 2.70. The van der Waals surface area contributed by atoms with Crippen LogP contribution in [0.25, 0.3) is 0 Å². The zero-order valence-corrected chi connectivity index (χ0v) is 5.54. The average Bonchev–Trinajstić information content (AvgIpc) is 2.14. The second-order valence-corrected chi connectivity index (χ2v) is 1.99. The minimum absolute atomic E-state index is 0. The van der Waals surface area contributed by atoms with Gasteiger partial charge < -0.3 is 16.2 Å². The lowest BCUT2D eigenvalue weighted by Crippen LogP contribution is -2.26. The van der Waals surface area contributed by atoms with Gasteiger partial charge in [-0.1, -0.05) is 0 Å². The Morgan fingerprint density at radius 1 is 1.60 bits per heavy atom. The molecule has 0 unspecified atom stereocenters. The smallest absolute Gasteiger partial charge is 0.407 e. The van der Waals surface area contributed by atoms with Crippen molar-refractivity contribution in [1.82, 2.24) is 11.1 Å². The summed E-state index contributed by atoms with van der Waals surface area (Å²) in [5.41, 5.74) is 0. The minimum Gasteiger partial charge on any atom is -0.465 e. The van der Waals surface area contributed by atoms with Crippen molar-refractivity contribution in [2.45, 2.75) is 6.42 Å². The van der Waals surface area contributed by atoms with Crippen LogP contribution in [0.5, 0.6) is 0 Å². The summed E-state index contributed by atoms with van der Waals surface area (Å²) >= 11 is 0. The van der Waals surface area contributed by atoms with Crippen molar-refractivity contribution in [3.05, 3.63) is 0 Å². The van der Waals surface area contributed by atoms with Crippen molar-refractivity contribution in [3.63, 3.8) is 0 Å². The molecule has 1 aliphatic heterocycles. The summed E-state index contributed by atoms with van der Waals surface area (Å²) in [5.74, 6) is 0.0115. The van der Waals surface area contributed by atoms with Crippen LogP contribution in [-0.2, 0) is 4.79 Å². The third kappa shape index (κ3) is 1.70. The van der Waals surface area contributed by atoms with Crippen LogP contribution in [0.3, 0.4) is 0 Å². The maximum Gasteiger partial charge on any atom is 0.407 e. The SMILES string of the molecule is N.O=C1CCN(C(=O)O)C1. The number of rotatable bonds is 0. The highest BCUT2D eigenvalue weighted by atomic mass is 16.4. The molecule has 0 saturated carbocycles. The number of amides is 1. The molecule has 1 fully saturated rings. The molecule has 4 N–H and O–H groups in total. The predicted molar refractivity (Wildman–Crippen MR) is 34.2 cm³/mol. The van der Waals surface area contributed by atoms with Crippen molar-refractivity contribution in [2.24, 2.45) is 0 Å². The first-order chi connectivity index (χ1) is 4.20. The molecule has 0 bridgehead atoms. The second kappa shape index (κ2) is 3.17. The van der Waals surface area contributed by atoms with Crippen LogP contribution in [0.2, 0.25) is 0 Å². The van der Waals surface area contributed by atoms with Gasteiger partial charge in [-0.05, 0) is 0 Å². The summed E-state index contributed by atoms with van der Waals surface area (Å²) < 4.78 is 0. The molecule has 1 saturated heterocycles. The highest BCUT2D eigenvalue weighted by molar-refractivity contribution is 5.86. The molecule has 5 nitrogen and oxygen atoms in total. The molecular formula is C5H10N2O3. The van der Waals surface area contributed by atoms with Gasteiger partial charge in [-0.15, -0.1) is 0 Å². The molecule has 0 radical (unpaired) electrons. The lowest BCUT2D eigenvalue weighted by molar-refractivity contribution is -0.116. The van der Waals surface area contributed by atoms with Crippen LogP contribution >= 0.6 is 0 Å². The molecule has 1 aliphatic rings. The zero-order chi connectivity index (χ0) is 6.85. The molecule has 0 aromatic carbocycles. The minimum atomic E-state index is -0.999. The molecule has 0 aromatic heterocycles. The van der Waals surface area contributed by atoms with Gasteiger partial charge in [0, 0.05) is 13.0 Å². The van der Waals surface area contributed by atoms with E-state index in [0.29, 0.717) is 13.0 Å². The van der Waals surface area contributed by atoms with E-state index in [1.807, 2.05) is 0 Å². The van der Waals surface area contributed by atoms with E-state index < -0.39 is 6.09 Å². The molecule has 58 valence electrons. The maximum absolute atomic E-state index is 10.5. The lowest BCUT2D eigenvalue weighted by atomic mass is 10.4. The third-order valence-corrected chi connectivity index (χ3v) is 1.30. The average molecular weight is 146 g/mol. The Hall–Kier alpha value is -1.10. The molecule has 5 heteroatoms. The normalized spacial score (nSPS) is 16.8. The van der Waals surface area contributed by atoms with Gasteiger partial charge in [0.15, 0.2) is 5.78 Å². The fourth-order valence-electron chi connectivity index (χ4n) is 0.794. The molecule has 1 rings (SSSR count). The molecule has 0 aliphatic carbocycles. The quantitative estimate of drug-likeness (QED) is 0.507. The van der Waals surface area contributed by atoms with Gasteiger partial charge in [0.25, 0.3) is 0 Å². The van der Waals surface area contributed by atoms with Gasteiger partial charge in [0.1, 0.15) is 0 Å². The summed E-state index contributed by atoms with van der Waals surface area (Å²) in [6.45, 7) is 0.448. The topological polar surface area (TPSA) is 92.6 Å². The summed E-state index contributed by atoms with van der Waals surface area (Å²) in [7, 11) is 0. The second-order valence-electron chi connectivity index (χ2n) is 1.99. The van der Waals surface area contributed by atoms with Crippen LogP contribution in [0.4, 0.5) is 4.79 Å². The van der Waals surface area contributed by atoms with E-state index in [1.165, 1.54) is 0 Å². The number of carbonyl (C=O) groups is 2. The van der Waals surface area contributed by atoms with Crippen LogP contribution in [0.1, 0.15) is 6.42 Å². The highest BCUT2D eigenvalue weighted by Gasteiger charge is 2.22. The fraction of sp³-hybridized carbons (Fsp3) is 0.600. The van der Waals surface area contributed by atoms with E-state index in [0.717, 1.165) is 4.90 Å². The van der Waals surface area contributed by atoms with Gasteiger partial charge >= 0.3 is 6.09 Å². The van der Waals surface area contributed by atoms with E-state index in [9.17, 15) is 9.59 Å². The molecule has 0 spiro atoms. The molecule has 0 atom stereocenters. The Kier molecular flexibility index (Phi) is 2.82. The van der Waals surface area contributed by atoms with Crippen LogP contribution < -0.4 is 6.15 Å². The number of ketones is 1. The Bertz CT molecular complexity index is 157. The van der Waals surface area contributed by atoms with Gasteiger partial charge in [-0.2, -0.15) is 0 Å². The summed E-state index contributed by atoms with van der Waals surface area (Å²) in [5, 5.41) is 8.30. The van der Waals surface area contributed by atoms with E-state index in [2.05, 4.69) is 0 Å². The summed E-state index contributed by atoms with van der Waals surface area (Å²) in [6.07, 6.45) is -0.618. The number of hydrogen-bond acceptors (Lipinski definition) is 3. The standard InChI is InChI=1S/C5H7NO3.H3N/c7-4-1-2-6(3-4)5(8)9;/h1-3H2,(H,8,9);1H3. The maximum atomic E-state index is 10.5. The first-order valence-corrected chi connectivity index (χ1v) is 2.70. The van der Waals surface area contributed by atoms with E-state index >= 15 is 0 Å². The number of likely N-dealkylation sites (tertiary alicyclic amines) is 1. The van der Waals surface area contributed by atoms with Gasteiger partial charge in [0.05, 0.1) is 6.54 Å². The number of hydrogen-bond donors (Lipinski definition) is 2. The van der Waals surface area contributed by atoms with Gasteiger partial charge in [-0.25, -0.2) is 4.79 Å². The Morgan fingerprint density at radius 2 is 2.20 bits per heavy atom. The number of Topliss-reactive ketones (excluding diaryl/α,β-unsaturated/α-hetero) is 1. The van der Waals surface area contributed by atoms with Gasteiger partial charge in [0.2, 0.25) is 0 Å². The Labute approximate surface area is 58.2 Å². The van der Waals surface area contributed by atoms with Gasteiger partial charge in [-0.3, -0.25) is 4.79 Å². The van der Waals surface area contributed by atoms with Crippen LogP contribution in [-0.4, -0.2) is 35.0 Å². The van der Waals surface area contributed by atoms with E-state index in [-0.39, 0.29) is 18.5 Å². The zero-order valence-electron chi connectivity index (χ0n) is 5.54. The van der Waals surface area contributed by atoms with Crippen LogP contribution in [0.15, 0.2) is 0 Å².